The van der Waals surface area contributed by atoms with Crippen LogP contribution in [0.1, 0.15) is 13.8 Å². The molecule has 0 aliphatic carbocycles. The van der Waals surface area contributed by atoms with Crippen LogP contribution in [0, 0.1) is 0 Å². The number of carbonyl (C=O) groups is 1. The molecule has 0 spiro atoms. The molecule has 0 radical (unpaired) electrons. The number of hydrogen-bond donors (Lipinski definition) is 2. The number of nitrogens with zero attached hydrogens (tertiary/aromatic N) is 1. The second-order valence-corrected chi connectivity index (χ2v) is 4.56. The summed E-state index contributed by atoms with van der Waals surface area (Å²) in [4.78, 5) is 14.1. The minimum Gasteiger partial charge on any atom is -0.317 e. The standard InChI is InChI=1S/C13H19N3O/c1-10-8-14-9-11(2)16(10)13(17)15-12-6-4-3-5-7-12/h3-7,10-11,14H,8-9H2,1-2H3,(H,15,17). The molecule has 2 N–H and O–H groups in total. The Morgan fingerprint density at radius 3 is 2.41 bits per heavy atom. The fourth-order valence-corrected chi connectivity index (χ4v) is 2.24. The first-order chi connectivity index (χ1) is 8.18. The molecule has 4 heteroatoms. The van der Waals surface area contributed by atoms with E-state index in [9.17, 15) is 4.79 Å². The van der Waals surface area contributed by atoms with Crippen LogP contribution >= 0.6 is 0 Å². The lowest BCUT2D eigenvalue weighted by Crippen LogP contribution is -2.58. The molecule has 0 saturated carbocycles. The first-order valence-corrected chi connectivity index (χ1v) is 6.03. The van der Waals surface area contributed by atoms with Crippen LogP contribution in [-0.2, 0) is 0 Å². The highest BCUT2D eigenvalue weighted by Gasteiger charge is 2.28. The summed E-state index contributed by atoms with van der Waals surface area (Å²) in [6.45, 7) is 5.83. The maximum Gasteiger partial charge on any atom is 0.322 e. The molecule has 1 aliphatic rings. The lowest BCUT2D eigenvalue weighted by Gasteiger charge is -2.39. The molecule has 1 heterocycles. The van der Waals surface area contributed by atoms with Crippen molar-refractivity contribution in [2.45, 2.75) is 25.9 Å². The zero-order valence-corrected chi connectivity index (χ0v) is 10.3. The summed E-state index contributed by atoms with van der Waals surface area (Å²) in [6, 6.07) is 10.00. The lowest BCUT2D eigenvalue weighted by atomic mass is 10.1. The van der Waals surface area contributed by atoms with Crippen molar-refractivity contribution in [2.75, 3.05) is 18.4 Å². The highest BCUT2D eigenvalue weighted by atomic mass is 16.2. The number of nitrogens with one attached hydrogen (secondary N) is 2. The van der Waals surface area contributed by atoms with Gasteiger partial charge >= 0.3 is 6.03 Å². The number of urea groups is 1. The second-order valence-electron chi connectivity index (χ2n) is 4.56. The zero-order valence-electron chi connectivity index (χ0n) is 10.3. The summed E-state index contributed by atoms with van der Waals surface area (Å²) < 4.78 is 0. The van der Waals surface area contributed by atoms with E-state index in [0.717, 1.165) is 18.8 Å². The van der Waals surface area contributed by atoms with Crippen molar-refractivity contribution in [1.29, 1.82) is 0 Å². The Hall–Kier alpha value is -1.55. The minimum absolute atomic E-state index is 0.0160. The lowest BCUT2D eigenvalue weighted by molar-refractivity contribution is 0.143. The predicted octanol–water partition coefficient (Wildman–Crippen LogP) is 1.90. The van der Waals surface area contributed by atoms with Gasteiger partial charge in [-0.2, -0.15) is 0 Å². The number of rotatable bonds is 1. The third-order valence-corrected chi connectivity index (χ3v) is 3.09. The van der Waals surface area contributed by atoms with Crippen LogP contribution < -0.4 is 10.6 Å². The monoisotopic (exact) mass is 233 g/mol. The van der Waals surface area contributed by atoms with E-state index in [1.165, 1.54) is 0 Å². The summed E-state index contributed by atoms with van der Waals surface area (Å²) >= 11 is 0. The van der Waals surface area contributed by atoms with E-state index in [0.29, 0.717) is 0 Å². The summed E-state index contributed by atoms with van der Waals surface area (Å²) in [5.41, 5.74) is 0.843. The van der Waals surface area contributed by atoms with Crippen molar-refractivity contribution in [3.8, 4) is 0 Å². The van der Waals surface area contributed by atoms with E-state index in [4.69, 9.17) is 0 Å². The van der Waals surface area contributed by atoms with Crippen LogP contribution in [0.2, 0.25) is 0 Å². The van der Waals surface area contributed by atoms with Gasteiger partial charge in [-0.15, -0.1) is 0 Å². The summed E-state index contributed by atoms with van der Waals surface area (Å²) in [7, 11) is 0. The Morgan fingerprint density at radius 1 is 1.24 bits per heavy atom. The second kappa shape index (κ2) is 5.19. The number of piperazine rings is 1. The molecule has 1 saturated heterocycles. The van der Waals surface area contributed by atoms with Gasteiger partial charge in [-0.1, -0.05) is 18.2 Å². The van der Waals surface area contributed by atoms with Gasteiger partial charge in [0.05, 0.1) is 0 Å². The van der Waals surface area contributed by atoms with Gasteiger partial charge in [-0.25, -0.2) is 4.79 Å². The third kappa shape index (κ3) is 2.77. The molecule has 2 rings (SSSR count). The molecule has 0 aromatic heterocycles. The minimum atomic E-state index is -0.0160. The SMILES string of the molecule is CC1CNCC(C)N1C(=O)Nc1ccccc1. The van der Waals surface area contributed by atoms with Crippen LogP contribution in [-0.4, -0.2) is 36.1 Å². The van der Waals surface area contributed by atoms with Gasteiger partial charge in [0.2, 0.25) is 0 Å². The first kappa shape index (κ1) is 11.9. The Balaban J connectivity index is 2.04. The van der Waals surface area contributed by atoms with Gasteiger partial charge in [-0.3, -0.25) is 0 Å². The topological polar surface area (TPSA) is 44.4 Å². The first-order valence-electron chi connectivity index (χ1n) is 6.03. The molecule has 1 aromatic carbocycles. The molecule has 4 nitrogen and oxygen atoms in total. The normalized spacial score (nSPS) is 24.5. The predicted molar refractivity (Wildman–Crippen MR) is 69.1 cm³/mol. The van der Waals surface area contributed by atoms with E-state index < -0.39 is 0 Å². The van der Waals surface area contributed by atoms with Gasteiger partial charge in [0.15, 0.2) is 0 Å². The highest BCUT2D eigenvalue weighted by Crippen LogP contribution is 2.13. The quantitative estimate of drug-likeness (QED) is 0.778. The molecule has 92 valence electrons. The molecule has 1 fully saturated rings. The van der Waals surface area contributed by atoms with Crippen LogP contribution in [0.25, 0.3) is 0 Å². The van der Waals surface area contributed by atoms with Crippen LogP contribution in [0.5, 0.6) is 0 Å². The molecule has 2 unspecified atom stereocenters. The van der Waals surface area contributed by atoms with Crippen molar-refractivity contribution in [3.63, 3.8) is 0 Å². The highest BCUT2D eigenvalue weighted by molar-refractivity contribution is 5.89. The number of para-hydroxylation sites is 1. The molecule has 1 aromatic rings. The van der Waals surface area contributed by atoms with Crippen LogP contribution in [0.4, 0.5) is 10.5 Å². The Morgan fingerprint density at radius 2 is 1.82 bits per heavy atom. The van der Waals surface area contributed by atoms with Crippen molar-refractivity contribution in [1.82, 2.24) is 10.2 Å². The number of anilines is 1. The molecule has 2 amide bonds. The van der Waals surface area contributed by atoms with E-state index in [2.05, 4.69) is 24.5 Å². The molecule has 17 heavy (non-hydrogen) atoms. The van der Waals surface area contributed by atoms with Gasteiger partial charge < -0.3 is 15.5 Å². The number of hydrogen-bond acceptors (Lipinski definition) is 2. The van der Waals surface area contributed by atoms with E-state index >= 15 is 0 Å². The summed E-state index contributed by atoms with van der Waals surface area (Å²) in [6.07, 6.45) is 0. The summed E-state index contributed by atoms with van der Waals surface area (Å²) in [5.74, 6) is 0. The smallest absolute Gasteiger partial charge is 0.317 e. The fourth-order valence-electron chi connectivity index (χ4n) is 2.24. The fraction of sp³-hybridized carbons (Fsp3) is 0.462. The van der Waals surface area contributed by atoms with Crippen LogP contribution in [0.15, 0.2) is 30.3 Å². The van der Waals surface area contributed by atoms with Gasteiger partial charge in [-0.05, 0) is 26.0 Å². The van der Waals surface area contributed by atoms with Crippen molar-refractivity contribution in [2.24, 2.45) is 0 Å². The zero-order chi connectivity index (χ0) is 12.3. The third-order valence-electron chi connectivity index (χ3n) is 3.09. The van der Waals surface area contributed by atoms with E-state index in [-0.39, 0.29) is 18.1 Å². The maximum atomic E-state index is 12.2. The van der Waals surface area contributed by atoms with Gasteiger partial charge in [0, 0.05) is 30.9 Å². The number of amides is 2. The number of carbonyl (C=O) groups excluding carboxylic acids is 1. The van der Waals surface area contributed by atoms with Crippen molar-refractivity contribution in [3.05, 3.63) is 30.3 Å². The van der Waals surface area contributed by atoms with Gasteiger partial charge in [0.1, 0.15) is 0 Å². The Kier molecular flexibility index (Phi) is 3.64. The summed E-state index contributed by atoms with van der Waals surface area (Å²) in [5, 5.41) is 6.24. The molecule has 2 atom stereocenters. The largest absolute Gasteiger partial charge is 0.322 e. The van der Waals surface area contributed by atoms with Crippen LogP contribution in [0.3, 0.4) is 0 Å². The number of benzene rings is 1. The van der Waals surface area contributed by atoms with Crippen molar-refractivity contribution >= 4 is 11.7 Å². The van der Waals surface area contributed by atoms with Crippen molar-refractivity contribution < 1.29 is 4.79 Å². The van der Waals surface area contributed by atoms with Gasteiger partial charge in [0.25, 0.3) is 0 Å². The maximum absolute atomic E-state index is 12.2. The molecule has 1 aliphatic heterocycles. The Bertz CT molecular complexity index is 370. The molecular formula is C13H19N3O. The average Bonchev–Trinajstić information content (AvgIpc) is 2.30. The van der Waals surface area contributed by atoms with E-state index in [1.54, 1.807) is 0 Å². The Labute approximate surface area is 102 Å². The molecule has 0 bridgehead atoms. The average molecular weight is 233 g/mol. The molecular weight excluding hydrogens is 214 g/mol. The van der Waals surface area contributed by atoms with E-state index in [1.807, 2.05) is 35.2 Å².